The third-order valence-corrected chi connectivity index (χ3v) is 5.21. The second kappa shape index (κ2) is 6.56. The second-order valence-electron chi connectivity index (χ2n) is 4.87. The van der Waals surface area contributed by atoms with Crippen molar-refractivity contribution in [3.63, 3.8) is 0 Å². The number of hydrogen-bond acceptors (Lipinski definition) is 3. The van der Waals surface area contributed by atoms with Crippen molar-refractivity contribution in [2.24, 2.45) is 0 Å². The molecule has 1 N–H and O–H groups in total. The van der Waals surface area contributed by atoms with Crippen LogP contribution in [0.2, 0.25) is 5.02 Å². The summed E-state index contributed by atoms with van der Waals surface area (Å²) >= 11 is 6.00. The molecule has 0 saturated heterocycles. The molecule has 21 heavy (non-hydrogen) atoms. The van der Waals surface area contributed by atoms with Crippen LogP contribution in [0, 0.1) is 13.8 Å². The van der Waals surface area contributed by atoms with Crippen LogP contribution in [0.25, 0.3) is 0 Å². The molecular weight excluding hydrogens is 308 g/mol. The quantitative estimate of drug-likeness (QED) is 0.920. The molecule has 6 heteroatoms. The molecule has 112 valence electrons. The zero-order valence-corrected chi connectivity index (χ0v) is 13.5. The molecule has 2 aromatic rings. The van der Waals surface area contributed by atoms with Crippen LogP contribution in [0.3, 0.4) is 0 Å². The summed E-state index contributed by atoms with van der Waals surface area (Å²) in [6, 6.07) is 7.01. The maximum absolute atomic E-state index is 12.3. The van der Waals surface area contributed by atoms with E-state index < -0.39 is 10.0 Å². The van der Waals surface area contributed by atoms with Gasteiger partial charge in [0.2, 0.25) is 10.0 Å². The Morgan fingerprint density at radius 2 is 1.81 bits per heavy atom. The largest absolute Gasteiger partial charge is 0.265 e. The van der Waals surface area contributed by atoms with E-state index >= 15 is 0 Å². The molecule has 1 aromatic carbocycles. The Hall–Kier alpha value is -1.43. The molecule has 1 heterocycles. The van der Waals surface area contributed by atoms with Crippen molar-refractivity contribution in [1.29, 1.82) is 0 Å². The maximum Gasteiger partial charge on any atom is 0.240 e. The number of rotatable bonds is 5. The molecule has 1 aromatic heterocycles. The summed E-state index contributed by atoms with van der Waals surface area (Å²) in [6.07, 6.45) is 4.00. The Morgan fingerprint density at radius 1 is 1.14 bits per heavy atom. The molecule has 0 fully saturated rings. The minimum Gasteiger partial charge on any atom is -0.265 e. The Kier molecular flexibility index (Phi) is 4.98. The predicted octanol–water partition coefficient (Wildman–Crippen LogP) is 2.87. The standard InChI is InChI=1S/C15H17ClN2O2S/c1-11-10-15(12(2)9-14(11)16)21(19,20)18-8-5-13-3-6-17-7-4-13/h3-4,6-7,9-10,18H,5,8H2,1-2H3. The van der Waals surface area contributed by atoms with Crippen LogP contribution < -0.4 is 4.72 Å². The van der Waals surface area contributed by atoms with Gasteiger partial charge in [-0.1, -0.05) is 11.6 Å². The molecule has 0 aliphatic carbocycles. The SMILES string of the molecule is Cc1cc(S(=O)(=O)NCCc2ccncc2)c(C)cc1Cl. The first-order valence-electron chi connectivity index (χ1n) is 6.55. The highest BCUT2D eigenvalue weighted by Gasteiger charge is 2.17. The van der Waals surface area contributed by atoms with Crippen LogP contribution in [0.1, 0.15) is 16.7 Å². The van der Waals surface area contributed by atoms with Crippen molar-refractivity contribution >= 4 is 21.6 Å². The number of aromatic nitrogens is 1. The van der Waals surface area contributed by atoms with Gasteiger partial charge < -0.3 is 0 Å². The Morgan fingerprint density at radius 3 is 2.48 bits per heavy atom. The van der Waals surface area contributed by atoms with Crippen LogP contribution in [0.5, 0.6) is 0 Å². The fraction of sp³-hybridized carbons (Fsp3) is 0.267. The maximum atomic E-state index is 12.3. The van der Waals surface area contributed by atoms with E-state index in [4.69, 9.17) is 11.6 Å². The van der Waals surface area contributed by atoms with Crippen molar-refractivity contribution < 1.29 is 8.42 Å². The Balaban J connectivity index is 2.10. The molecule has 0 amide bonds. The lowest BCUT2D eigenvalue weighted by Crippen LogP contribution is -2.26. The fourth-order valence-corrected chi connectivity index (χ4v) is 3.56. The van der Waals surface area contributed by atoms with Crippen molar-refractivity contribution in [1.82, 2.24) is 9.71 Å². The first kappa shape index (κ1) is 15.9. The molecule has 0 radical (unpaired) electrons. The number of halogens is 1. The van der Waals surface area contributed by atoms with E-state index in [1.807, 2.05) is 12.1 Å². The minimum absolute atomic E-state index is 0.277. The summed E-state index contributed by atoms with van der Waals surface area (Å²) in [7, 11) is -3.52. The predicted molar refractivity (Wildman–Crippen MR) is 84.1 cm³/mol. The smallest absolute Gasteiger partial charge is 0.240 e. The summed E-state index contributed by atoms with van der Waals surface area (Å²) in [4.78, 5) is 4.21. The van der Waals surface area contributed by atoms with Gasteiger partial charge in [0.15, 0.2) is 0 Å². The topological polar surface area (TPSA) is 59.1 Å². The summed E-state index contributed by atoms with van der Waals surface area (Å²) in [5, 5.41) is 0.572. The van der Waals surface area contributed by atoms with Gasteiger partial charge in [0.05, 0.1) is 4.90 Å². The number of nitrogens with zero attached hydrogens (tertiary/aromatic N) is 1. The van der Waals surface area contributed by atoms with Crippen molar-refractivity contribution in [3.8, 4) is 0 Å². The van der Waals surface area contributed by atoms with Crippen molar-refractivity contribution in [3.05, 3.63) is 58.4 Å². The number of nitrogens with one attached hydrogen (secondary N) is 1. The number of benzene rings is 1. The van der Waals surface area contributed by atoms with E-state index in [0.29, 0.717) is 23.6 Å². The molecule has 0 saturated carbocycles. The molecule has 0 spiro atoms. The Labute approximate surface area is 130 Å². The summed E-state index contributed by atoms with van der Waals surface area (Å²) in [6.45, 7) is 3.87. The van der Waals surface area contributed by atoms with Crippen LogP contribution in [0.4, 0.5) is 0 Å². The van der Waals surface area contributed by atoms with E-state index in [-0.39, 0.29) is 4.90 Å². The summed E-state index contributed by atoms with van der Waals surface area (Å²) in [5.41, 5.74) is 2.43. The molecule has 2 rings (SSSR count). The Bertz CT molecular complexity index is 731. The average Bonchev–Trinajstić information content (AvgIpc) is 2.43. The molecule has 0 atom stereocenters. The highest BCUT2D eigenvalue weighted by atomic mass is 35.5. The molecule has 0 unspecified atom stereocenters. The first-order valence-corrected chi connectivity index (χ1v) is 8.41. The zero-order chi connectivity index (χ0) is 15.5. The van der Waals surface area contributed by atoms with Crippen LogP contribution in [0.15, 0.2) is 41.6 Å². The van der Waals surface area contributed by atoms with Gasteiger partial charge in [0, 0.05) is 24.0 Å². The number of sulfonamides is 1. The summed E-state index contributed by atoms with van der Waals surface area (Å²) in [5.74, 6) is 0. The van der Waals surface area contributed by atoms with Gasteiger partial charge in [-0.25, -0.2) is 13.1 Å². The van der Waals surface area contributed by atoms with Crippen LogP contribution >= 0.6 is 11.6 Å². The molecule has 4 nitrogen and oxygen atoms in total. The van der Waals surface area contributed by atoms with E-state index in [1.165, 1.54) is 0 Å². The van der Waals surface area contributed by atoms with Gasteiger partial charge in [-0.2, -0.15) is 0 Å². The van der Waals surface area contributed by atoms with Crippen LogP contribution in [-0.4, -0.2) is 19.9 Å². The van der Waals surface area contributed by atoms with Gasteiger partial charge >= 0.3 is 0 Å². The van der Waals surface area contributed by atoms with Gasteiger partial charge in [-0.3, -0.25) is 4.98 Å². The first-order chi connectivity index (χ1) is 9.90. The van der Waals surface area contributed by atoms with E-state index in [2.05, 4.69) is 9.71 Å². The molecular formula is C15H17ClN2O2S. The minimum atomic E-state index is -3.52. The van der Waals surface area contributed by atoms with E-state index in [1.54, 1.807) is 38.4 Å². The van der Waals surface area contributed by atoms with Crippen LogP contribution in [-0.2, 0) is 16.4 Å². The second-order valence-corrected chi connectivity index (χ2v) is 7.01. The summed E-state index contributed by atoms with van der Waals surface area (Å²) < 4.78 is 27.3. The lowest BCUT2D eigenvalue weighted by Gasteiger charge is -2.11. The average molecular weight is 325 g/mol. The third kappa shape index (κ3) is 4.03. The van der Waals surface area contributed by atoms with Crippen molar-refractivity contribution in [2.75, 3.05) is 6.54 Å². The zero-order valence-electron chi connectivity index (χ0n) is 11.9. The molecule has 0 aliphatic heterocycles. The van der Waals surface area contributed by atoms with Gasteiger partial charge in [0.25, 0.3) is 0 Å². The lowest BCUT2D eigenvalue weighted by molar-refractivity contribution is 0.581. The fourth-order valence-electron chi connectivity index (χ4n) is 2.00. The third-order valence-electron chi connectivity index (χ3n) is 3.20. The lowest BCUT2D eigenvalue weighted by atomic mass is 10.2. The van der Waals surface area contributed by atoms with Gasteiger partial charge in [0.1, 0.15) is 0 Å². The monoisotopic (exact) mass is 324 g/mol. The van der Waals surface area contributed by atoms with E-state index in [0.717, 1.165) is 11.1 Å². The molecule has 0 aliphatic rings. The highest BCUT2D eigenvalue weighted by molar-refractivity contribution is 7.89. The van der Waals surface area contributed by atoms with Gasteiger partial charge in [-0.15, -0.1) is 0 Å². The number of pyridine rings is 1. The highest BCUT2D eigenvalue weighted by Crippen LogP contribution is 2.23. The normalized spacial score (nSPS) is 11.6. The number of aryl methyl sites for hydroxylation is 2. The molecule has 0 bridgehead atoms. The van der Waals surface area contributed by atoms with Crippen molar-refractivity contribution in [2.45, 2.75) is 25.2 Å². The van der Waals surface area contributed by atoms with Gasteiger partial charge in [-0.05, 0) is 61.2 Å². The number of hydrogen-bond donors (Lipinski definition) is 1. The van der Waals surface area contributed by atoms with E-state index in [9.17, 15) is 8.42 Å².